The fourth-order valence-electron chi connectivity index (χ4n) is 1.83. The van der Waals surface area contributed by atoms with E-state index in [9.17, 15) is 4.79 Å². The van der Waals surface area contributed by atoms with Crippen molar-refractivity contribution in [3.8, 4) is 0 Å². The summed E-state index contributed by atoms with van der Waals surface area (Å²) >= 11 is 1.56. The second kappa shape index (κ2) is 6.67. The summed E-state index contributed by atoms with van der Waals surface area (Å²) < 4.78 is 0. The molecular formula is C13H20N2OS. The van der Waals surface area contributed by atoms with Gasteiger partial charge in [-0.1, -0.05) is 29.3 Å². The molecule has 0 heterocycles. The van der Waals surface area contributed by atoms with Crippen LogP contribution >= 0.6 is 11.8 Å². The van der Waals surface area contributed by atoms with E-state index < -0.39 is 0 Å². The van der Waals surface area contributed by atoms with Crippen molar-refractivity contribution in [2.75, 3.05) is 18.6 Å². The monoisotopic (exact) mass is 252 g/mol. The van der Waals surface area contributed by atoms with Gasteiger partial charge in [0, 0.05) is 11.8 Å². The van der Waals surface area contributed by atoms with Crippen molar-refractivity contribution < 1.29 is 4.79 Å². The Morgan fingerprint density at radius 1 is 1.35 bits per heavy atom. The average Bonchev–Trinajstić information content (AvgIpc) is 2.22. The van der Waals surface area contributed by atoms with Gasteiger partial charge < -0.3 is 11.1 Å². The van der Waals surface area contributed by atoms with Crippen LogP contribution in [0.25, 0.3) is 0 Å². The molecule has 3 N–H and O–H groups in total. The normalized spacial score (nSPS) is 12.4. The summed E-state index contributed by atoms with van der Waals surface area (Å²) in [4.78, 5) is 10.7. The smallest absolute Gasteiger partial charge is 0.227 e. The molecule has 1 atom stereocenters. The summed E-state index contributed by atoms with van der Waals surface area (Å²) in [5.41, 5.74) is 8.92. The molecule has 0 aliphatic carbocycles. The zero-order valence-corrected chi connectivity index (χ0v) is 11.4. The number of benzene rings is 1. The Morgan fingerprint density at radius 2 is 1.94 bits per heavy atom. The number of carbonyl (C=O) groups is 1. The SMILES string of the molecule is CNC(CSCC(N)=O)c1cc(C)cc(C)c1. The fraction of sp³-hybridized carbons (Fsp3) is 0.462. The number of hydrogen-bond acceptors (Lipinski definition) is 3. The molecule has 0 spiro atoms. The zero-order chi connectivity index (χ0) is 12.8. The minimum Gasteiger partial charge on any atom is -0.369 e. The molecule has 0 aliphatic rings. The lowest BCUT2D eigenvalue weighted by molar-refractivity contribution is -0.115. The first-order valence-electron chi connectivity index (χ1n) is 5.64. The number of nitrogens with one attached hydrogen (secondary N) is 1. The van der Waals surface area contributed by atoms with E-state index >= 15 is 0 Å². The summed E-state index contributed by atoms with van der Waals surface area (Å²) in [6, 6.07) is 6.78. The highest BCUT2D eigenvalue weighted by atomic mass is 32.2. The standard InChI is InChI=1S/C13H20N2OS/c1-9-4-10(2)6-11(5-9)12(15-3)7-17-8-13(14)16/h4-6,12,15H,7-8H2,1-3H3,(H2,14,16). The van der Waals surface area contributed by atoms with Crippen LogP contribution in [0.15, 0.2) is 18.2 Å². The maximum Gasteiger partial charge on any atom is 0.227 e. The van der Waals surface area contributed by atoms with Crippen molar-refractivity contribution in [2.24, 2.45) is 5.73 Å². The van der Waals surface area contributed by atoms with E-state index in [0.29, 0.717) is 5.75 Å². The van der Waals surface area contributed by atoms with E-state index in [1.54, 1.807) is 11.8 Å². The minimum atomic E-state index is -0.259. The van der Waals surface area contributed by atoms with Crippen LogP contribution in [0.2, 0.25) is 0 Å². The number of thioether (sulfide) groups is 1. The summed E-state index contributed by atoms with van der Waals surface area (Å²) in [5, 5.41) is 3.27. The van der Waals surface area contributed by atoms with Crippen LogP contribution in [-0.4, -0.2) is 24.5 Å². The molecule has 1 rings (SSSR count). The average molecular weight is 252 g/mol. The molecule has 0 fully saturated rings. The lowest BCUT2D eigenvalue weighted by atomic mass is 10.0. The predicted molar refractivity (Wildman–Crippen MR) is 74.2 cm³/mol. The summed E-state index contributed by atoms with van der Waals surface area (Å²) in [6.07, 6.45) is 0. The van der Waals surface area contributed by atoms with Gasteiger partial charge in [0.1, 0.15) is 0 Å². The second-order valence-electron chi connectivity index (χ2n) is 4.24. The number of rotatable bonds is 6. The Kier molecular flexibility index (Phi) is 5.51. The van der Waals surface area contributed by atoms with Crippen molar-refractivity contribution in [3.63, 3.8) is 0 Å². The molecule has 4 heteroatoms. The third-order valence-electron chi connectivity index (χ3n) is 2.52. The van der Waals surface area contributed by atoms with Gasteiger partial charge in [-0.25, -0.2) is 0 Å². The molecule has 0 radical (unpaired) electrons. The number of amides is 1. The van der Waals surface area contributed by atoms with Gasteiger partial charge in [0.25, 0.3) is 0 Å². The van der Waals surface area contributed by atoms with Gasteiger partial charge in [0.15, 0.2) is 0 Å². The molecule has 1 amide bonds. The second-order valence-corrected chi connectivity index (χ2v) is 5.27. The molecule has 1 unspecified atom stereocenters. The highest BCUT2D eigenvalue weighted by Gasteiger charge is 2.10. The largest absolute Gasteiger partial charge is 0.369 e. The van der Waals surface area contributed by atoms with Crippen molar-refractivity contribution in [2.45, 2.75) is 19.9 Å². The van der Waals surface area contributed by atoms with Crippen molar-refractivity contribution in [3.05, 3.63) is 34.9 Å². The molecule has 1 aromatic rings. The molecule has 0 saturated heterocycles. The van der Waals surface area contributed by atoms with Crippen LogP contribution in [0.1, 0.15) is 22.7 Å². The Morgan fingerprint density at radius 3 is 2.41 bits per heavy atom. The Labute approximate surface area is 107 Å². The number of primary amides is 1. The molecule has 3 nitrogen and oxygen atoms in total. The third-order valence-corrected chi connectivity index (χ3v) is 3.58. The summed E-state index contributed by atoms with van der Waals surface area (Å²) in [7, 11) is 1.94. The molecule has 0 aromatic heterocycles. The third kappa shape index (κ3) is 4.79. The van der Waals surface area contributed by atoms with Crippen LogP contribution in [0.5, 0.6) is 0 Å². The van der Waals surface area contributed by atoms with E-state index in [4.69, 9.17) is 5.73 Å². The number of carbonyl (C=O) groups excluding carboxylic acids is 1. The summed E-state index contributed by atoms with van der Waals surface area (Å²) in [5.74, 6) is 0.968. The lowest BCUT2D eigenvalue weighted by Crippen LogP contribution is -2.21. The molecular weight excluding hydrogens is 232 g/mol. The number of hydrogen-bond donors (Lipinski definition) is 2. The first-order valence-corrected chi connectivity index (χ1v) is 6.80. The molecule has 0 aliphatic heterocycles. The molecule has 0 saturated carbocycles. The van der Waals surface area contributed by atoms with Crippen LogP contribution in [0.3, 0.4) is 0 Å². The van der Waals surface area contributed by atoms with Crippen molar-refractivity contribution in [1.82, 2.24) is 5.32 Å². The first kappa shape index (κ1) is 14.1. The van der Waals surface area contributed by atoms with Gasteiger partial charge >= 0.3 is 0 Å². The Bertz CT molecular complexity index is 373. The van der Waals surface area contributed by atoms with Gasteiger partial charge in [-0.2, -0.15) is 11.8 Å². The van der Waals surface area contributed by atoms with Crippen LogP contribution in [-0.2, 0) is 4.79 Å². The number of aryl methyl sites for hydroxylation is 2. The number of nitrogens with two attached hydrogens (primary N) is 1. The molecule has 1 aromatic carbocycles. The molecule has 0 bridgehead atoms. The topological polar surface area (TPSA) is 55.1 Å². The Hall–Kier alpha value is -1.00. The van der Waals surface area contributed by atoms with Crippen molar-refractivity contribution in [1.29, 1.82) is 0 Å². The van der Waals surface area contributed by atoms with E-state index in [-0.39, 0.29) is 11.9 Å². The lowest BCUT2D eigenvalue weighted by Gasteiger charge is -2.17. The fourth-order valence-corrected chi connectivity index (χ4v) is 2.75. The van der Waals surface area contributed by atoms with E-state index in [1.165, 1.54) is 16.7 Å². The van der Waals surface area contributed by atoms with Gasteiger partial charge in [-0.3, -0.25) is 4.79 Å². The van der Waals surface area contributed by atoms with Gasteiger partial charge in [-0.05, 0) is 26.5 Å². The Balaban J connectivity index is 2.68. The van der Waals surface area contributed by atoms with Crippen molar-refractivity contribution >= 4 is 17.7 Å². The molecule has 94 valence electrons. The van der Waals surface area contributed by atoms with Crippen LogP contribution < -0.4 is 11.1 Å². The van der Waals surface area contributed by atoms with E-state index in [0.717, 1.165) is 5.75 Å². The van der Waals surface area contributed by atoms with Crippen LogP contribution in [0, 0.1) is 13.8 Å². The maximum absolute atomic E-state index is 10.7. The van der Waals surface area contributed by atoms with Gasteiger partial charge in [-0.15, -0.1) is 0 Å². The van der Waals surface area contributed by atoms with Crippen LogP contribution in [0.4, 0.5) is 0 Å². The van der Waals surface area contributed by atoms with E-state index in [2.05, 4.69) is 37.4 Å². The predicted octanol–water partition coefficient (Wildman–Crippen LogP) is 1.78. The quantitative estimate of drug-likeness (QED) is 0.811. The van der Waals surface area contributed by atoms with E-state index in [1.807, 2.05) is 7.05 Å². The first-order chi connectivity index (χ1) is 8.02. The maximum atomic E-state index is 10.7. The molecule has 17 heavy (non-hydrogen) atoms. The highest BCUT2D eigenvalue weighted by molar-refractivity contribution is 7.99. The highest BCUT2D eigenvalue weighted by Crippen LogP contribution is 2.20. The van der Waals surface area contributed by atoms with Gasteiger partial charge in [0.2, 0.25) is 5.91 Å². The summed E-state index contributed by atoms with van der Waals surface area (Å²) in [6.45, 7) is 4.19. The minimum absolute atomic E-state index is 0.259. The zero-order valence-electron chi connectivity index (χ0n) is 10.6. The van der Waals surface area contributed by atoms with Gasteiger partial charge in [0.05, 0.1) is 5.75 Å².